The van der Waals surface area contributed by atoms with Gasteiger partial charge in [0.05, 0.1) is 0 Å². The summed E-state index contributed by atoms with van der Waals surface area (Å²) in [5, 5.41) is 2.76. The number of hydrogen-bond acceptors (Lipinski definition) is 3. The van der Waals surface area contributed by atoms with Crippen LogP contribution in [-0.4, -0.2) is 43.1 Å². The second kappa shape index (κ2) is 10.5. The third-order valence-corrected chi connectivity index (χ3v) is 3.43. The maximum absolute atomic E-state index is 11.6. The molecule has 0 heterocycles. The van der Waals surface area contributed by atoms with Crippen LogP contribution in [-0.2, 0) is 16.0 Å². The fourth-order valence-electron chi connectivity index (χ4n) is 2.16. The number of amides is 2. The van der Waals surface area contributed by atoms with Gasteiger partial charge in [0.2, 0.25) is 5.91 Å². The topological polar surface area (TPSA) is 58.6 Å². The Morgan fingerprint density at radius 2 is 1.96 bits per heavy atom. The molecular formula is C21H30N2O3. The van der Waals surface area contributed by atoms with Crippen LogP contribution in [0.15, 0.2) is 24.3 Å². The van der Waals surface area contributed by atoms with E-state index in [0.717, 1.165) is 18.4 Å². The van der Waals surface area contributed by atoms with Gasteiger partial charge < -0.3 is 15.0 Å². The van der Waals surface area contributed by atoms with E-state index in [2.05, 4.69) is 17.2 Å². The molecule has 26 heavy (non-hydrogen) atoms. The number of carbonyl (C=O) groups is 2. The molecule has 0 saturated heterocycles. The number of nitrogens with one attached hydrogen (secondary N) is 1. The minimum absolute atomic E-state index is 0.0885. The van der Waals surface area contributed by atoms with E-state index in [1.54, 1.807) is 19.0 Å². The molecule has 0 aliphatic rings. The van der Waals surface area contributed by atoms with Crippen molar-refractivity contribution in [1.82, 2.24) is 10.2 Å². The van der Waals surface area contributed by atoms with Crippen LogP contribution < -0.4 is 5.32 Å². The lowest BCUT2D eigenvalue weighted by molar-refractivity contribution is -0.128. The Morgan fingerprint density at radius 1 is 1.23 bits per heavy atom. The molecule has 1 rings (SSSR count). The predicted octanol–water partition coefficient (Wildman–Crippen LogP) is 3.36. The molecule has 0 atom stereocenters. The van der Waals surface area contributed by atoms with E-state index in [0.29, 0.717) is 19.4 Å². The molecule has 2 amide bonds. The van der Waals surface area contributed by atoms with Gasteiger partial charge in [0.15, 0.2) is 0 Å². The number of ether oxygens (including phenoxy) is 1. The van der Waals surface area contributed by atoms with Gasteiger partial charge in [-0.15, -0.1) is 0 Å². The first-order valence-electron chi connectivity index (χ1n) is 8.92. The van der Waals surface area contributed by atoms with Crippen molar-refractivity contribution < 1.29 is 14.3 Å². The van der Waals surface area contributed by atoms with Crippen molar-refractivity contribution >= 4 is 12.0 Å². The van der Waals surface area contributed by atoms with Gasteiger partial charge in [-0.25, -0.2) is 4.79 Å². The molecule has 1 aromatic carbocycles. The molecule has 0 unspecified atom stereocenters. The molecule has 0 aliphatic heterocycles. The Balaban J connectivity index is 2.38. The van der Waals surface area contributed by atoms with Crippen molar-refractivity contribution in [2.45, 2.75) is 52.1 Å². The smallest absolute Gasteiger partial charge is 0.407 e. The highest BCUT2D eigenvalue weighted by Crippen LogP contribution is 2.08. The molecule has 5 nitrogen and oxygen atoms in total. The van der Waals surface area contributed by atoms with Crippen molar-refractivity contribution in [1.29, 1.82) is 0 Å². The Bertz CT molecular complexity index is 664. The average molecular weight is 358 g/mol. The van der Waals surface area contributed by atoms with Crippen molar-refractivity contribution in [3.8, 4) is 11.8 Å². The highest BCUT2D eigenvalue weighted by molar-refractivity contribution is 5.75. The summed E-state index contributed by atoms with van der Waals surface area (Å²) in [6.07, 6.45) is 2.29. The van der Waals surface area contributed by atoms with E-state index >= 15 is 0 Å². The minimum atomic E-state index is -0.478. The molecular weight excluding hydrogens is 328 g/mol. The zero-order valence-electron chi connectivity index (χ0n) is 16.5. The fourth-order valence-corrected chi connectivity index (χ4v) is 2.16. The monoisotopic (exact) mass is 358 g/mol. The van der Waals surface area contributed by atoms with Crippen LogP contribution in [0.2, 0.25) is 0 Å². The second-order valence-electron chi connectivity index (χ2n) is 7.32. The quantitative estimate of drug-likeness (QED) is 0.627. The van der Waals surface area contributed by atoms with Gasteiger partial charge in [-0.2, -0.15) is 0 Å². The maximum Gasteiger partial charge on any atom is 0.407 e. The zero-order chi connectivity index (χ0) is 19.6. The summed E-state index contributed by atoms with van der Waals surface area (Å²) in [5.74, 6) is 6.24. The molecule has 1 aromatic rings. The number of hydrogen-bond donors (Lipinski definition) is 1. The standard InChI is InChI=1S/C21H30N2O3/c1-21(2,3)26-20(25)22-15-9-13-18-12-8-11-17(16-18)10-6-7-14-19(24)23(4)5/h8,11-12,16H,7,9,13-15H2,1-5H3,(H,22,25). The Hall–Kier alpha value is -2.48. The van der Waals surface area contributed by atoms with E-state index in [-0.39, 0.29) is 12.0 Å². The molecule has 0 aromatic heterocycles. The van der Waals surface area contributed by atoms with E-state index < -0.39 is 5.60 Å². The summed E-state index contributed by atoms with van der Waals surface area (Å²) in [7, 11) is 3.49. The predicted molar refractivity (Wildman–Crippen MR) is 104 cm³/mol. The number of rotatable bonds is 6. The van der Waals surface area contributed by atoms with Gasteiger partial charge in [-0.05, 0) is 51.3 Å². The summed E-state index contributed by atoms with van der Waals surface area (Å²) >= 11 is 0. The highest BCUT2D eigenvalue weighted by Gasteiger charge is 2.15. The highest BCUT2D eigenvalue weighted by atomic mass is 16.6. The number of aryl methyl sites for hydroxylation is 1. The van der Waals surface area contributed by atoms with Crippen LogP contribution in [0.5, 0.6) is 0 Å². The van der Waals surface area contributed by atoms with Gasteiger partial charge in [0.1, 0.15) is 5.60 Å². The first-order valence-corrected chi connectivity index (χ1v) is 8.92. The van der Waals surface area contributed by atoms with E-state index in [1.807, 2.05) is 45.0 Å². The molecule has 0 radical (unpaired) electrons. The minimum Gasteiger partial charge on any atom is -0.444 e. The van der Waals surface area contributed by atoms with Gasteiger partial charge in [0.25, 0.3) is 0 Å². The van der Waals surface area contributed by atoms with Crippen molar-refractivity contribution in [2.24, 2.45) is 0 Å². The number of alkyl carbamates (subject to hydrolysis) is 1. The molecule has 5 heteroatoms. The summed E-state index contributed by atoms with van der Waals surface area (Å²) in [6.45, 7) is 6.10. The summed E-state index contributed by atoms with van der Waals surface area (Å²) < 4.78 is 5.20. The number of carbonyl (C=O) groups excluding carboxylic acids is 2. The largest absolute Gasteiger partial charge is 0.444 e. The van der Waals surface area contributed by atoms with Gasteiger partial charge in [0, 0.05) is 39.0 Å². The lowest BCUT2D eigenvalue weighted by Crippen LogP contribution is -2.33. The van der Waals surface area contributed by atoms with Crippen molar-refractivity contribution in [2.75, 3.05) is 20.6 Å². The normalized spacial score (nSPS) is 10.5. The summed E-state index contributed by atoms with van der Waals surface area (Å²) in [6, 6.07) is 8.04. The van der Waals surface area contributed by atoms with Crippen LogP contribution in [0, 0.1) is 11.8 Å². The van der Waals surface area contributed by atoms with E-state index in [9.17, 15) is 9.59 Å². The third-order valence-electron chi connectivity index (χ3n) is 3.43. The van der Waals surface area contributed by atoms with E-state index in [1.165, 1.54) is 5.56 Å². The van der Waals surface area contributed by atoms with Crippen molar-refractivity contribution in [3.05, 3.63) is 35.4 Å². The maximum atomic E-state index is 11.6. The third kappa shape index (κ3) is 9.73. The van der Waals surface area contributed by atoms with Gasteiger partial charge in [-0.1, -0.05) is 24.0 Å². The number of nitrogens with zero attached hydrogens (tertiary/aromatic N) is 1. The first kappa shape index (κ1) is 21.6. The Labute approximate surface area is 157 Å². The molecule has 0 fully saturated rings. The summed E-state index contributed by atoms with van der Waals surface area (Å²) in [4.78, 5) is 24.7. The fraction of sp³-hybridized carbons (Fsp3) is 0.524. The number of benzene rings is 1. The van der Waals surface area contributed by atoms with Crippen molar-refractivity contribution in [3.63, 3.8) is 0 Å². The van der Waals surface area contributed by atoms with E-state index in [4.69, 9.17) is 4.74 Å². The van der Waals surface area contributed by atoms with Gasteiger partial charge >= 0.3 is 6.09 Å². The zero-order valence-corrected chi connectivity index (χ0v) is 16.5. The van der Waals surface area contributed by atoms with Crippen LogP contribution in [0.25, 0.3) is 0 Å². The van der Waals surface area contributed by atoms with Crippen LogP contribution in [0.3, 0.4) is 0 Å². The second-order valence-corrected chi connectivity index (χ2v) is 7.32. The Morgan fingerprint density at radius 3 is 2.62 bits per heavy atom. The van der Waals surface area contributed by atoms with Crippen LogP contribution in [0.4, 0.5) is 4.79 Å². The average Bonchev–Trinajstić information content (AvgIpc) is 2.54. The first-order chi connectivity index (χ1) is 12.2. The van der Waals surface area contributed by atoms with Crippen LogP contribution in [0.1, 0.15) is 51.2 Å². The molecule has 0 saturated carbocycles. The molecule has 0 aliphatic carbocycles. The van der Waals surface area contributed by atoms with Crippen LogP contribution >= 0.6 is 0 Å². The Kier molecular flexibility index (Phi) is 8.71. The molecule has 142 valence electrons. The summed E-state index contributed by atoms with van der Waals surface area (Å²) in [5.41, 5.74) is 1.64. The molecule has 0 spiro atoms. The SMILES string of the molecule is CN(C)C(=O)CCC#Cc1cccc(CCCNC(=O)OC(C)(C)C)c1. The lowest BCUT2D eigenvalue weighted by atomic mass is 10.1. The molecule has 0 bridgehead atoms. The van der Waals surface area contributed by atoms with Gasteiger partial charge in [-0.3, -0.25) is 4.79 Å². The molecule has 1 N–H and O–H groups in total. The lowest BCUT2D eigenvalue weighted by Gasteiger charge is -2.19.